The fraction of sp³-hybridized carbons (Fsp3) is 0.857. The van der Waals surface area contributed by atoms with E-state index < -0.39 is 0 Å². The van der Waals surface area contributed by atoms with Crippen LogP contribution >= 0.6 is 11.5 Å². The third-order valence-corrected chi connectivity index (χ3v) is 4.12. The standard InChI is InChI=1S/C14H26N4OS/c1-5-6-15-9-11-10-19-8-7-18(11)13-16-12(17-20-13)14(2,3)4/h11,15H,5-10H2,1-4H3. The molecule has 6 heteroatoms. The van der Waals surface area contributed by atoms with Crippen LogP contribution < -0.4 is 10.2 Å². The van der Waals surface area contributed by atoms with E-state index in [0.29, 0.717) is 6.04 Å². The van der Waals surface area contributed by atoms with Gasteiger partial charge in [0.25, 0.3) is 0 Å². The van der Waals surface area contributed by atoms with Crippen molar-refractivity contribution in [1.82, 2.24) is 14.7 Å². The summed E-state index contributed by atoms with van der Waals surface area (Å²) in [6, 6.07) is 0.357. The van der Waals surface area contributed by atoms with Gasteiger partial charge in [-0.1, -0.05) is 27.7 Å². The Morgan fingerprint density at radius 2 is 2.25 bits per heavy atom. The van der Waals surface area contributed by atoms with Gasteiger partial charge in [0, 0.05) is 30.0 Å². The van der Waals surface area contributed by atoms with Gasteiger partial charge in [0.05, 0.1) is 19.3 Å². The van der Waals surface area contributed by atoms with Crippen molar-refractivity contribution >= 4 is 16.7 Å². The number of hydrogen-bond acceptors (Lipinski definition) is 6. The third-order valence-electron chi connectivity index (χ3n) is 3.37. The minimum Gasteiger partial charge on any atom is -0.377 e. The van der Waals surface area contributed by atoms with Gasteiger partial charge in [-0.05, 0) is 13.0 Å². The second-order valence-electron chi connectivity index (χ2n) is 6.28. The van der Waals surface area contributed by atoms with Crippen molar-refractivity contribution in [3.05, 3.63) is 5.82 Å². The predicted octanol–water partition coefficient (Wildman–Crippen LogP) is 2.04. The van der Waals surface area contributed by atoms with Crippen LogP contribution in [0, 0.1) is 0 Å². The summed E-state index contributed by atoms with van der Waals surface area (Å²) in [7, 11) is 0. The predicted molar refractivity (Wildman–Crippen MR) is 83.7 cm³/mol. The molecular formula is C14H26N4OS. The van der Waals surface area contributed by atoms with Gasteiger partial charge >= 0.3 is 0 Å². The van der Waals surface area contributed by atoms with E-state index >= 15 is 0 Å². The number of anilines is 1. The summed E-state index contributed by atoms with van der Waals surface area (Å²) < 4.78 is 10.1. The maximum atomic E-state index is 5.61. The lowest BCUT2D eigenvalue weighted by atomic mass is 9.96. The molecule has 0 bridgehead atoms. The summed E-state index contributed by atoms with van der Waals surface area (Å²) in [5, 5.41) is 4.51. The highest BCUT2D eigenvalue weighted by Gasteiger charge is 2.27. The molecule has 1 aliphatic heterocycles. The zero-order valence-corrected chi connectivity index (χ0v) is 13.8. The monoisotopic (exact) mass is 298 g/mol. The number of nitrogens with one attached hydrogen (secondary N) is 1. The summed E-state index contributed by atoms with van der Waals surface area (Å²) in [5.74, 6) is 0.934. The fourth-order valence-corrected chi connectivity index (χ4v) is 3.11. The largest absolute Gasteiger partial charge is 0.377 e. The van der Waals surface area contributed by atoms with E-state index in [-0.39, 0.29) is 5.41 Å². The van der Waals surface area contributed by atoms with Gasteiger partial charge < -0.3 is 15.0 Å². The van der Waals surface area contributed by atoms with Crippen LogP contribution in [0.5, 0.6) is 0 Å². The van der Waals surface area contributed by atoms with Crippen LogP contribution in [0.25, 0.3) is 0 Å². The number of morpholine rings is 1. The van der Waals surface area contributed by atoms with Crippen LogP contribution in [0.4, 0.5) is 5.13 Å². The van der Waals surface area contributed by atoms with Crippen molar-refractivity contribution in [2.24, 2.45) is 0 Å². The number of ether oxygens (including phenoxy) is 1. The van der Waals surface area contributed by atoms with Crippen LogP contribution in [-0.2, 0) is 10.2 Å². The topological polar surface area (TPSA) is 50.3 Å². The van der Waals surface area contributed by atoms with Gasteiger partial charge in [0.1, 0.15) is 5.82 Å². The van der Waals surface area contributed by atoms with Crippen molar-refractivity contribution in [2.75, 3.05) is 37.7 Å². The number of rotatable bonds is 5. The molecule has 1 aromatic rings. The van der Waals surface area contributed by atoms with Crippen molar-refractivity contribution in [3.63, 3.8) is 0 Å². The molecule has 1 aromatic heterocycles. The first kappa shape index (κ1) is 15.7. The van der Waals surface area contributed by atoms with Crippen LogP contribution in [-0.4, -0.2) is 48.2 Å². The van der Waals surface area contributed by atoms with E-state index in [2.05, 4.69) is 42.3 Å². The van der Waals surface area contributed by atoms with Gasteiger partial charge in [-0.2, -0.15) is 4.37 Å². The first-order chi connectivity index (χ1) is 9.52. The van der Waals surface area contributed by atoms with E-state index in [1.807, 2.05) is 0 Å². The Hall–Kier alpha value is -0.720. The van der Waals surface area contributed by atoms with E-state index in [1.165, 1.54) is 11.5 Å². The summed E-state index contributed by atoms with van der Waals surface area (Å²) in [6.45, 7) is 13.1. The molecule has 2 heterocycles. The maximum absolute atomic E-state index is 5.61. The molecule has 1 fully saturated rings. The molecule has 5 nitrogen and oxygen atoms in total. The normalized spacial score (nSPS) is 20.4. The van der Waals surface area contributed by atoms with Crippen molar-refractivity contribution in [2.45, 2.75) is 45.6 Å². The summed E-state index contributed by atoms with van der Waals surface area (Å²) in [6.07, 6.45) is 1.15. The van der Waals surface area contributed by atoms with Gasteiger partial charge in [-0.3, -0.25) is 0 Å². The van der Waals surface area contributed by atoms with Gasteiger partial charge in [0.15, 0.2) is 0 Å². The minimum atomic E-state index is 0.0109. The van der Waals surface area contributed by atoms with Crippen molar-refractivity contribution < 1.29 is 4.74 Å². The van der Waals surface area contributed by atoms with Gasteiger partial charge in [-0.15, -0.1) is 0 Å². The summed E-state index contributed by atoms with van der Waals surface area (Å²) in [4.78, 5) is 7.08. The number of nitrogens with zero attached hydrogens (tertiary/aromatic N) is 3. The molecule has 20 heavy (non-hydrogen) atoms. The Labute approximate surface area is 125 Å². The van der Waals surface area contributed by atoms with E-state index in [0.717, 1.165) is 50.2 Å². The first-order valence-corrected chi connectivity index (χ1v) is 8.19. The second-order valence-corrected chi connectivity index (χ2v) is 7.01. The molecule has 0 spiro atoms. The highest BCUT2D eigenvalue weighted by molar-refractivity contribution is 7.09. The van der Waals surface area contributed by atoms with Gasteiger partial charge in [0.2, 0.25) is 5.13 Å². The molecule has 0 saturated carbocycles. The summed E-state index contributed by atoms with van der Waals surface area (Å²) >= 11 is 1.51. The van der Waals surface area contributed by atoms with Crippen LogP contribution in [0.1, 0.15) is 39.9 Å². The Morgan fingerprint density at radius 3 is 2.90 bits per heavy atom. The summed E-state index contributed by atoms with van der Waals surface area (Å²) in [5.41, 5.74) is 0.0109. The Kier molecular flexibility index (Phi) is 5.35. The molecule has 0 aliphatic carbocycles. The van der Waals surface area contributed by atoms with Crippen molar-refractivity contribution in [1.29, 1.82) is 0 Å². The molecule has 1 N–H and O–H groups in total. The minimum absolute atomic E-state index is 0.0109. The average Bonchev–Trinajstić information content (AvgIpc) is 2.89. The van der Waals surface area contributed by atoms with E-state index in [4.69, 9.17) is 9.72 Å². The average molecular weight is 298 g/mol. The Bertz CT molecular complexity index is 416. The lowest BCUT2D eigenvalue weighted by Gasteiger charge is -2.35. The lowest BCUT2D eigenvalue weighted by Crippen LogP contribution is -2.50. The van der Waals surface area contributed by atoms with Crippen LogP contribution in [0.3, 0.4) is 0 Å². The second kappa shape index (κ2) is 6.83. The number of aromatic nitrogens is 2. The van der Waals surface area contributed by atoms with E-state index in [1.54, 1.807) is 0 Å². The SMILES string of the molecule is CCCNCC1COCCN1c1nc(C(C)(C)C)ns1. The molecule has 2 rings (SSSR count). The molecule has 114 valence electrons. The van der Waals surface area contributed by atoms with Gasteiger partial charge in [-0.25, -0.2) is 4.98 Å². The fourth-order valence-electron chi connectivity index (χ4n) is 2.16. The Balaban J connectivity index is 2.05. The molecule has 1 unspecified atom stereocenters. The first-order valence-electron chi connectivity index (χ1n) is 7.41. The van der Waals surface area contributed by atoms with Crippen molar-refractivity contribution in [3.8, 4) is 0 Å². The molecule has 0 radical (unpaired) electrons. The highest BCUT2D eigenvalue weighted by atomic mass is 32.1. The quantitative estimate of drug-likeness (QED) is 0.843. The molecular weight excluding hydrogens is 272 g/mol. The Morgan fingerprint density at radius 1 is 1.45 bits per heavy atom. The molecule has 1 atom stereocenters. The van der Waals surface area contributed by atoms with Crippen LogP contribution in [0.2, 0.25) is 0 Å². The molecule has 1 saturated heterocycles. The maximum Gasteiger partial charge on any atom is 0.205 e. The molecule has 0 amide bonds. The van der Waals surface area contributed by atoms with E-state index in [9.17, 15) is 0 Å². The highest BCUT2D eigenvalue weighted by Crippen LogP contribution is 2.27. The third kappa shape index (κ3) is 3.90. The zero-order chi connectivity index (χ0) is 14.6. The zero-order valence-electron chi connectivity index (χ0n) is 13.0. The molecule has 1 aliphatic rings. The number of hydrogen-bond donors (Lipinski definition) is 1. The molecule has 0 aromatic carbocycles. The smallest absolute Gasteiger partial charge is 0.205 e. The van der Waals surface area contributed by atoms with Crippen LogP contribution in [0.15, 0.2) is 0 Å². The lowest BCUT2D eigenvalue weighted by molar-refractivity contribution is 0.0937.